The van der Waals surface area contributed by atoms with Crippen LogP contribution < -0.4 is 30.7 Å². The number of halogens is 4. The van der Waals surface area contributed by atoms with Crippen LogP contribution in [-0.4, -0.2) is 63.2 Å². The zero-order valence-electron chi connectivity index (χ0n) is 22.0. The molecule has 1 saturated carbocycles. The van der Waals surface area contributed by atoms with Gasteiger partial charge < -0.3 is 26.0 Å². The van der Waals surface area contributed by atoms with E-state index in [9.17, 15) is 27.0 Å². The molecule has 4 rings (SSSR count). The first-order chi connectivity index (χ1) is 19.9. The number of benzene rings is 2. The van der Waals surface area contributed by atoms with Crippen molar-refractivity contribution in [2.24, 2.45) is 0 Å². The van der Waals surface area contributed by atoms with Crippen LogP contribution in [0.25, 0.3) is 0 Å². The van der Waals surface area contributed by atoms with Gasteiger partial charge in [0, 0.05) is 29.9 Å². The van der Waals surface area contributed by atoms with Crippen molar-refractivity contribution in [2.45, 2.75) is 24.6 Å². The molecule has 3 amide bonds. The van der Waals surface area contributed by atoms with Crippen LogP contribution in [0.3, 0.4) is 0 Å². The number of hydrogen-bond acceptors (Lipinski definition) is 9. The van der Waals surface area contributed by atoms with E-state index in [0.717, 1.165) is 18.4 Å². The Bertz CT molecular complexity index is 1440. The highest BCUT2D eigenvalue weighted by atomic mass is 35.5. The number of aromatic nitrogens is 3. The summed E-state index contributed by atoms with van der Waals surface area (Å²) in [5, 5.41) is 11.4. The Labute approximate surface area is 245 Å². The number of amides is 3. The fourth-order valence-corrected chi connectivity index (χ4v) is 4.51. The van der Waals surface area contributed by atoms with Gasteiger partial charge >= 0.3 is 18.2 Å². The lowest BCUT2D eigenvalue weighted by atomic mass is 10.1. The van der Waals surface area contributed by atoms with Crippen molar-refractivity contribution < 1.29 is 31.7 Å². The van der Waals surface area contributed by atoms with Gasteiger partial charge in [-0.15, -0.1) is 0 Å². The molecule has 1 unspecified atom stereocenters. The molecule has 0 saturated heterocycles. The van der Waals surface area contributed by atoms with Crippen molar-refractivity contribution in [3.8, 4) is 6.01 Å². The summed E-state index contributed by atoms with van der Waals surface area (Å²) in [4.78, 5) is 35.8. The minimum absolute atomic E-state index is 0.00140. The van der Waals surface area contributed by atoms with Gasteiger partial charge in [0.15, 0.2) is 6.61 Å². The van der Waals surface area contributed by atoms with Crippen LogP contribution in [0.4, 0.5) is 35.5 Å². The van der Waals surface area contributed by atoms with Crippen molar-refractivity contribution in [1.29, 1.82) is 0 Å². The fraction of sp³-hybridized carbons (Fsp3) is 0.320. The van der Waals surface area contributed by atoms with Crippen molar-refractivity contribution in [3.63, 3.8) is 0 Å². The van der Waals surface area contributed by atoms with Gasteiger partial charge in [-0.05, 0) is 54.8 Å². The van der Waals surface area contributed by atoms with E-state index in [1.807, 2.05) is 12.1 Å². The van der Waals surface area contributed by atoms with E-state index in [4.69, 9.17) is 16.3 Å². The van der Waals surface area contributed by atoms with Crippen LogP contribution in [0.5, 0.6) is 6.01 Å². The second-order valence-electron chi connectivity index (χ2n) is 9.07. The molecule has 0 bridgehead atoms. The summed E-state index contributed by atoms with van der Waals surface area (Å²) in [6, 6.07) is 12.1. The molecule has 42 heavy (non-hydrogen) atoms. The van der Waals surface area contributed by atoms with Crippen molar-refractivity contribution in [3.05, 3.63) is 64.7 Å². The number of urea groups is 1. The first-order valence-corrected chi connectivity index (χ1v) is 14.2. The van der Waals surface area contributed by atoms with Crippen molar-refractivity contribution >= 4 is 52.1 Å². The van der Waals surface area contributed by atoms with Gasteiger partial charge in [0.2, 0.25) is 11.9 Å². The Morgan fingerprint density at radius 3 is 2.31 bits per heavy atom. The fourth-order valence-electron chi connectivity index (χ4n) is 3.67. The van der Waals surface area contributed by atoms with Crippen LogP contribution in [0.1, 0.15) is 28.8 Å². The minimum atomic E-state index is -4.60. The lowest BCUT2D eigenvalue weighted by Crippen LogP contribution is -2.37. The predicted molar refractivity (Wildman–Crippen MR) is 150 cm³/mol. The average molecular weight is 627 g/mol. The lowest BCUT2D eigenvalue weighted by Gasteiger charge is -2.19. The molecule has 3 aromatic rings. The monoisotopic (exact) mass is 626 g/mol. The molecule has 0 aliphatic heterocycles. The van der Waals surface area contributed by atoms with E-state index < -0.39 is 47.3 Å². The molecule has 5 N–H and O–H groups in total. The Kier molecular flexibility index (Phi) is 9.67. The van der Waals surface area contributed by atoms with Crippen LogP contribution in [0.15, 0.2) is 48.5 Å². The third-order valence-electron chi connectivity index (χ3n) is 5.89. The molecule has 1 aliphatic carbocycles. The molecule has 224 valence electrons. The number of ether oxygens (including phenoxy) is 1. The van der Waals surface area contributed by atoms with E-state index in [1.165, 1.54) is 31.3 Å². The molecule has 1 atom stereocenters. The summed E-state index contributed by atoms with van der Waals surface area (Å²) in [6.07, 6.45) is -3.13. The highest BCUT2D eigenvalue weighted by molar-refractivity contribution is 7.83. The van der Waals surface area contributed by atoms with E-state index in [1.54, 1.807) is 12.1 Å². The third kappa shape index (κ3) is 8.91. The van der Waals surface area contributed by atoms with Crippen LogP contribution in [0, 0.1) is 0 Å². The number of alkyl halides is 3. The number of carbonyl (C=O) groups excluding carboxylic acids is 2. The quantitative estimate of drug-likeness (QED) is 0.202. The number of nitrogens with one attached hydrogen (secondary N) is 5. The summed E-state index contributed by atoms with van der Waals surface area (Å²) in [7, 11) is -0.290. The van der Waals surface area contributed by atoms with E-state index >= 15 is 0 Å². The number of rotatable bonds is 12. The second kappa shape index (κ2) is 13.2. The molecule has 2 aromatic carbocycles. The maximum absolute atomic E-state index is 12.8. The van der Waals surface area contributed by atoms with Crippen LogP contribution in [0.2, 0.25) is 5.02 Å². The lowest BCUT2D eigenvalue weighted by molar-refractivity contribution is -0.154. The maximum atomic E-state index is 12.8. The first kappa shape index (κ1) is 30.8. The van der Waals surface area contributed by atoms with Gasteiger partial charge in [0.25, 0.3) is 5.91 Å². The summed E-state index contributed by atoms with van der Waals surface area (Å²) in [5.41, 5.74) is 0.995. The Morgan fingerprint density at radius 1 is 1.02 bits per heavy atom. The SMILES string of the molecule is CNC(=O)NCCS(=O)NC(=O)c1ccc(Nc2nc(NC3(c4ccc(Cl)cc4)CC3)nc(OCC(F)(F)F)n2)cc1. The van der Waals surface area contributed by atoms with E-state index in [2.05, 4.69) is 40.9 Å². The molecular weight excluding hydrogens is 601 g/mol. The van der Waals surface area contributed by atoms with Gasteiger partial charge in [0.1, 0.15) is 11.0 Å². The largest absolute Gasteiger partial charge is 0.454 e. The Balaban J connectivity index is 1.45. The molecule has 17 heteroatoms. The third-order valence-corrected chi connectivity index (χ3v) is 7.13. The zero-order chi connectivity index (χ0) is 30.3. The molecule has 12 nitrogen and oxygen atoms in total. The maximum Gasteiger partial charge on any atom is 0.422 e. The second-order valence-corrected chi connectivity index (χ2v) is 10.8. The van der Waals surface area contributed by atoms with E-state index in [0.29, 0.717) is 10.7 Å². The van der Waals surface area contributed by atoms with Crippen molar-refractivity contribution in [2.75, 3.05) is 36.6 Å². The van der Waals surface area contributed by atoms with Crippen molar-refractivity contribution in [1.82, 2.24) is 30.3 Å². The highest BCUT2D eigenvalue weighted by Crippen LogP contribution is 2.48. The molecule has 1 aliphatic rings. The number of carbonyl (C=O) groups is 2. The van der Waals surface area contributed by atoms with E-state index in [-0.39, 0.29) is 29.8 Å². The molecule has 1 aromatic heterocycles. The molecule has 1 heterocycles. The van der Waals surface area contributed by atoms with Gasteiger partial charge in [-0.25, -0.2) is 9.00 Å². The summed E-state index contributed by atoms with van der Waals surface area (Å²) in [6.45, 7) is -1.50. The zero-order valence-corrected chi connectivity index (χ0v) is 23.6. The number of hydrogen-bond donors (Lipinski definition) is 5. The molecular formula is C25H26ClF3N8O4S. The topological polar surface area (TPSA) is 159 Å². The summed E-state index contributed by atoms with van der Waals surface area (Å²) >= 11 is 5.99. The molecule has 0 radical (unpaired) electrons. The summed E-state index contributed by atoms with van der Waals surface area (Å²) in [5.74, 6) is -0.696. The smallest absolute Gasteiger partial charge is 0.422 e. The highest BCUT2D eigenvalue weighted by Gasteiger charge is 2.45. The number of anilines is 3. The Hall–Kier alpha value is -4.18. The summed E-state index contributed by atoms with van der Waals surface area (Å²) < 4.78 is 57.6. The van der Waals surface area contributed by atoms with Crippen LogP contribution >= 0.6 is 11.6 Å². The predicted octanol–water partition coefficient (Wildman–Crippen LogP) is 3.63. The molecule has 0 spiro atoms. The minimum Gasteiger partial charge on any atom is -0.454 e. The number of nitrogens with zero attached hydrogens (tertiary/aromatic N) is 3. The first-order valence-electron chi connectivity index (χ1n) is 12.5. The average Bonchev–Trinajstić information content (AvgIpc) is 3.72. The van der Waals surface area contributed by atoms with Gasteiger partial charge in [-0.3, -0.25) is 9.52 Å². The normalized spacial score (nSPS) is 14.3. The Morgan fingerprint density at radius 2 is 1.69 bits per heavy atom. The van der Waals surface area contributed by atoms with Gasteiger partial charge in [0.05, 0.1) is 11.3 Å². The van der Waals surface area contributed by atoms with Crippen LogP contribution in [-0.2, 0) is 16.5 Å². The molecule has 1 fully saturated rings. The standard InChI is InChI=1S/C25H26ClF3N8O4S/c1-30-22(39)31-12-13-42(40)37-19(38)15-2-8-18(9-3-15)32-20-33-21(35-23(34-20)41-14-25(27,28)29)36-24(10-11-24)16-4-6-17(26)7-5-16/h2-9H,10-14H2,1H3,(H,37,38)(H2,30,31,39)(H2,32,33,34,35,36). The van der Waals surface area contributed by atoms with Gasteiger partial charge in [-0.1, -0.05) is 23.7 Å². The van der Waals surface area contributed by atoms with Gasteiger partial charge in [-0.2, -0.15) is 28.1 Å².